The second-order valence-electron chi connectivity index (χ2n) is 11.1. The molecule has 0 aromatic heterocycles. The summed E-state index contributed by atoms with van der Waals surface area (Å²) in [5, 5.41) is 15.1. The summed E-state index contributed by atoms with van der Waals surface area (Å²) in [6.45, 7) is 5.94. The van der Waals surface area contributed by atoms with E-state index in [-0.39, 0.29) is 29.7 Å². The highest BCUT2D eigenvalue weighted by molar-refractivity contribution is 6.33. The number of carbonyl (C=O) groups excluding carboxylic acids is 3. The SMILES string of the molecule is COC(=O)C(Cc1ccc(-c2ccc(C(=O)O)cc2Cl)cc1)NC(=O)[C@H]1CC[C@H](CNC(=O)OC(C)(C)C)CC1. The molecule has 40 heavy (non-hydrogen) atoms. The van der Waals surface area contributed by atoms with Gasteiger partial charge in [0.05, 0.1) is 12.7 Å². The Morgan fingerprint density at radius 1 is 1.02 bits per heavy atom. The van der Waals surface area contributed by atoms with Crippen LogP contribution in [0.3, 0.4) is 0 Å². The Bertz CT molecular complexity index is 1220. The minimum absolute atomic E-state index is 0.105. The molecule has 0 aliphatic heterocycles. The maximum Gasteiger partial charge on any atom is 0.407 e. The fourth-order valence-electron chi connectivity index (χ4n) is 4.73. The van der Waals surface area contributed by atoms with E-state index >= 15 is 0 Å². The molecule has 1 aliphatic carbocycles. The molecule has 1 saturated carbocycles. The van der Waals surface area contributed by atoms with Crippen molar-refractivity contribution in [3.63, 3.8) is 0 Å². The number of amides is 2. The number of carboxylic acids is 1. The van der Waals surface area contributed by atoms with Gasteiger partial charge in [0.2, 0.25) is 5.91 Å². The van der Waals surface area contributed by atoms with Gasteiger partial charge in [0.1, 0.15) is 11.6 Å². The van der Waals surface area contributed by atoms with E-state index in [9.17, 15) is 19.2 Å². The molecule has 0 radical (unpaired) electrons. The summed E-state index contributed by atoms with van der Waals surface area (Å²) in [7, 11) is 1.29. The third-order valence-electron chi connectivity index (χ3n) is 6.87. The number of esters is 1. The zero-order valence-electron chi connectivity index (χ0n) is 23.3. The Balaban J connectivity index is 1.55. The molecule has 0 spiro atoms. The van der Waals surface area contributed by atoms with Crippen LogP contribution in [0.1, 0.15) is 62.4 Å². The number of carbonyl (C=O) groups is 4. The summed E-state index contributed by atoms with van der Waals surface area (Å²) >= 11 is 6.29. The molecule has 9 nitrogen and oxygen atoms in total. The lowest BCUT2D eigenvalue weighted by molar-refractivity contribution is -0.145. The van der Waals surface area contributed by atoms with Crippen LogP contribution < -0.4 is 10.6 Å². The molecule has 0 bridgehead atoms. The van der Waals surface area contributed by atoms with Crippen molar-refractivity contribution in [3.05, 3.63) is 58.6 Å². The molecule has 3 rings (SSSR count). The number of alkyl carbamates (subject to hydrolysis) is 1. The van der Waals surface area contributed by atoms with Crippen molar-refractivity contribution in [1.29, 1.82) is 0 Å². The van der Waals surface area contributed by atoms with Crippen molar-refractivity contribution in [3.8, 4) is 11.1 Å². The summed E-state index contributed by atoms with van der Waals surface area (Å²) in [5.41, 5.74) is 1.85. The van der Waals surface area contributed by atoms with Gasteiger partial charge in [-0.25, -0.2) is 14.4 Å². The van der Waals surface area contributed by atoms with Gasteiger partial charge in [0.25, 0.3) is 0 Å². The fourth-order valence-corrected chi connectivity index (χ4v) is 5.02. The zero-order chi connectivity index (χ0) is 29.4. The minimum atomic E-state index is -1.05. The van der Waals surface area contributed by atoms with Gasteiger partial charge in [-0.15, -0.1) is 0 Å². The van der Waals surface area contributed by atoms with Gasteiger partial charge in [-0.2, -0.15) is 0 Å². The van der Waals surface area contributed by atoms with Gasteiger partial charge in [-0.1, -0.05) is 41.9 Å². The predicted molar refractivity (Wildman–Crippen MR) is 151 cm³/mol. The maximum absolute atomic E-state index is 13.0. The van der Waals surface area contributed by atoms with E-state index in [1.807, 2.05) is 45.0 Å². The molecule has 2 aromatic rings. The third kappa shape index (κ3) is 8.98. The number of hydrogen-bond acceptors (Lipinski definition) is 6. The van der Waals surface area contributed by atoms with Crippen molar-refractivity contribution >= 4 is 35.5 Å². The molecule has 1 atom stereocenters. The maximum atomic E-state index is 13.0. The fraction of sp³-hybridized carbons (Fsp3) is 0.467. The van der Waals surface area contributed by atoms with Gasteiger partial charge in [-0.05, 0) is 75.6 Å². The van der Waals surface area contributed by atoms with Crippen LogP contribution in [0.5, 0.6) is 0 Å². The van der Waals surface area contributed by atoms with E-state index in [0.29, 0.717) is 30.0 Å². The smallest absolute Gasteiger partial charge is 0.407 e. The van der Waals surface area contributed by atoms with Crippen LogP contribution in [-0.4, -0.2) is 54.3 Å². The Kier molecular flexibility index (Phi) is 10.6. The van der Waals surface area contributed by atoms with E-state index < -0.39 is 29.7 Å². The van der Waals surface area contributed by atoms with E-state index in [4.69, 9.17) is 26.2 Å². The van der Waals surface area contributed by atoms with Crippen LogP contribution in [-0.2, 0) is 25.5 Å². The third-order valence-corrected chi connectivity index (χ3v) is 7.19. The van der Waals surface area contributed by atoms with E-state index in [1.54, 1.807) is 6.07 Å². The van der Waals surface area contributed by atoms with Crippen LogP contribution in [0, 0.1) is 11.8 Å². The number of methoxy groups -OCH3 is 1. The molecule has 1 unspecified atom stereocenters. The molecular weight excluding hydrogens is 536 g/mol. The molecule has 2 amide bonds. The highest BCUT2D eigenvalue weighted by atomic mass is 35.5. The van der Waals surface area contributed by atoms with Crippen LogP contribution in [0.2, 0.25) is 5.02 Å². The number of carboxylic acid groups (broad SMARTS) is 1. The molecule has 0 saturated heterocycles. The minimum Gasteiger partial charge on any atom is -0.478 e. The molecular formula is C30H37ClN2O7. The lowest BCUT2D eigenvalue weighted by Crippen LogP contribution is -2.46. The zero-order valence-corrected chi connectivity index (χ0v) is 24.0. The topological polar surface area (TPSA) is 131 Å². The van der Waals surface area contributed by atoms with Crippen LogP contribution in [0.4, 0.5) is 4.79 Å². The second kappa shape index (κ2) is 13.7. The summed E-state index contributed by atoms with van der Waals surface area (Å²) in [4.78, 5) is 48.6. The summed E-state index contributed by atoms with van der Waals surface area (Å²) in [6.07, 6.45) is 2.70. The largest absolute Gasteiger partial charge is 0.478 e. The summed E-state index contributed by atoms with van der Waals surface area (Å²) < 4.78 is 10.2. The van der Waals surface area contributed by atoms with Crippen molar-refractivity contribution in [2.24, 2.45) is 11.8 Å². The van der Waals surface area contributed by atoms with Crippen LogP contribution in [0.15, 0.2) is 42.5 Å². The van der Waals surface area contributed by atoms with Gasteiger partial charge in [0.15, 0.2) is 0 Å². The van der Waals surface area contributed by atoms with E-state index in [0.717, 1.165) is 24.0 Å². The molecule has 0 heterocycles. The molecule has 216 valence electrons. The first kappa shape index (κ1) is 30.9. The normalized spacial score (nSPS) is 17.8. The van der Waals surface area contributed by atoms with Gasteiger partial charge < -0.3 is 25.2 Å². The van der Waals surface area contributed by atoms with Crippen molar-refractivity contribution in [1.82, 2.24) is 10.6 Å². The van der Waals surface area contributed by atoms with Crippen molar-refractivity contribution in [2.75, 3.05) is 13.7 Å². The number of nitrogens with one attached hydrogen (secondary N) is 2. The van der Waals surface area contributed by atoms with Gasteiger partial charge in [-0.3, -0.25) is 4.79 Å². The van der Waals surface area contributed by atoms with E-state index in [2.05, 4.69) is 10.6 Å². The Labute approximate surface area is 239 Å². The van der Waals surface area contributed by atoms with E-state index in [1.165, 1.54) is 19.2 Å². The summed E-state index contributed by atoms with van der Waals surface area (Å²) in [6, 6.07) is 11.0. The number of rotatable bonds is 9. The average Bonchev–Trinajstić information content (AvgIpc) is 2.90. The molecule has 1 aliphatic rings. The number of halogens is 1. The number of aromatic carboxylic acids is 1. The lowest BCUT2D eigenvalue weighted by Gasteiger charge is -2.29. The Hall–Kier alpha value is -3.59. The van der Waals surface area contributed by atoms with Crippen LogP contribution >= 0.6 is 11.6 Å². The highest BCUT2D eigenvalue weighted by Crippen LogP contribution is 2.30. The molecule has 2 aromatic carbocycles. The molecule has 1 fully saturated rings. The number of ether oxygens (including phenoxy) is 2. The number of hydrogen-bond donors (Lipinski definition) is 3. The highest BCUT2D eigenvalue weighted by Gasteiger charge is 2.30. The van der Waals surface area contributed by atoms with Crippen LogP contribution in [0.25, 0.3) is 11.1 Å². The molecule has 3 N–H and O–H groups in total. The quantitative estimate of drug-likeness (QED) is 0.350. The van der Waals surface area contributed by atoms with Crippen molar-refractivity contribution in [2.45, 2.75) is 64.5 Å². The van der Waals surface area contributed by atoms with Gasteiger partial charge >= 0.3 is 18.0 Å². The predicted octanol–water partition coefficient (Wildman–Crippen LogP) is 5.24. The first-order chi connectivity index (χ1) is 18.9. The van der Waals surface area contributed by atoms with Gasteiger partial charge in [0, 0.05) is 29.5 Å². The second-order valence-corrected chi connectivity index (χ2v) is 11.5. The standard InChI is InChI=1S/C30H37ClN2O7/c1-30(2,3)40-29(38)32-17-19-7-11-21(12-8-19)26(34)33-25(28(37)39-4)15-18-5-9-20(10-6-18)23-14-13-22(27(35)36)16-24(23)31/h5-6,9-10,13-14,16,19,21,25H,7-8,11-12,15,17H2,1-4H3,(H,32,38)(H,33,34)(H,35,36)/t19-,21-,25?. The first-order valence-electron chi connectivity index (χ1n) is 13.3. The first-order valence-corrected chi connectivity index (χ1v) is 13.7. The monoisotopic (exact) mass is 572 g/mol. The average molecular weight is 573 g/mol. The Morgan fingerprint density at radius 3 is 2.23 bits per heavy atom. The molecule has 10 heteroatoms. The summed E-state index contributed by atoms with van der Waals surface area (Å²) in [5.74, 6) is -1.72. The number of benzene rings is 2. The Morgan fingerprint density at radius 2 is 1.68 bits per heavy atom. The van der Waals surface area contributed by atoms with Crippen molar-refractivity contribution < 1.29 is 33.8 Å². The lowest BCUT2D eigenvalue weighted by atomic mass is 9.81.